The molecule has 0 aromatic heterocycles. The van der Waals surface area contributed by atoms with Crippen LogP contribution in [0.4, 0.5) is 5.69 Å². The molecule has 3 heteroatoms. The van der Waals surface area contributed by atoms with E-state index in [2.05, 4.69) is 11.4 Å². The van der Waals surface area contributed by atoms with Crippen molar-refractivity contribution in [1.29, 1.82) is 0 Å². The Bertz CT molecular complexity index is 420. The van der Waals surface area contributed by atoms with Crippen molar-refractivity contribution in [1.82, 2.24) is 0 Å². The Morgan fingerprint density at radius 2 is 2.29 bits per heavy atom. The van der Waals surface area contributed by atoms with Crippen LogP contribution in [-0.4, -0.2) is 12.1 Å². The molecule has 3 atom stereocenters. The zero-order valence-electron chi connectivity index (χ0n) is 9.95. The van der Waals surface area contributed by atoms with E-state index >= 15 is 0 Å². The summed E-state index contributed by atoms with van der Waals surface area (Å²) in [6, 6.07) is 7.96. The molecule has 92 valence electrons. The van der Waals surface area contributed by atoms with Crippen LogP contribution >= 0.6 is 11.6 Å². The lowest BCUT2D eigenvalue weighted by atomic mass is 9.80. The van der Waals surface area contributed by atoms with Gasteiger partial charge in [0.05, 0.1) is 5.54 Å². The van der Waals surface area contributed by atoms with Gasteiger partial charge in [-0.1, -0.05) is 17.7 Å². The standard InChI is InChI=1S/C14H19ClN2/c15-12-2-1-3-13(7-12)17-14(9-16)8-10-4-5-11(14)6-10/h1-3,7,10-11,17H,4-6,8-9,16H2. The maximum absolute atomic E-state index is 6.05. The molecule has 2 saturated carbocycles. The summed E-state index contributed by atoms with van der Waals surface area (Å²) in [7, 11) is 0. The summed E-state index contributed by atoms with van der Waals surface area (Å²) < 4.78 is 0. The van der Waals surface area contributed by atoms with E-state index in [0.717, 1.165) is 29.1 Å². The molecule has 1 aromatic rings. The van der Waals surface area contributed by atoms with Crippen molar-refractivity contribution in [2.24, 2.45) is 17.6 Å². The number of anilines is 1. The molecule has 2 fully saturated rings. The Balaban J connectivity index is 1.83. The lowest BCUT2D eigenvalue weighted by Crippen LogP contribution is -2.49. The van der Waals surface area contributed by atoms with Crippen LogP contribution in [0.1, 0.15) is 25.7 Å². The van der Waals surface area contributed by atoms with Crippen molar-refractivity contribution >= 4 is 17.3 Å². The van der Waals surface area contributed by atoms with Gasteiger partial charge in [-0.05, 0) is 55.7 Å². The summed E-state index contributed by atoms with van der Waals surface area (Å²) in [6.45, 7) is 0.723. The summed E-state index contributed by atoms with van der Waals surface area (Å²) in [4.78, 5) is 0. The molecule has 2 bridgehead atoms. The molecule has 2 aliphatic carbocycles. The minimum Gasteiger partial charge on any atom is -0.378 e. The fourth-order valence-corrected chi connectivity index (χ4v) is 3.94. The second kappa shape index (κ2) is 4.18. The predicted octanol–water partition coefficient (Wildman–Crippen LogP) is 3.27. The second-order valence-corrected chi connectivity index (χ2v) is 6.01. The monoisotopic (exact) mass is 250 g/mol. The molecule has 0 saturated heterocycles. The Labute approximate surface area is 108 Å². The molecule has 0 spiro atoms. The first kappa shape index (κ1) is 11.4. The summed E-state index contributed by atoms with van der Waals surface area (Å²) in [5.74, 6) is 1.63. The number of benzene rings is 1. The van der Waals surface area contributed by atoms with E-state index < -0.39 is 0 Å². The first-order valence-corrected chi connectivity index (χ1v) is 6.83. The van der Waals surface area contributed by atoms with Gasteiger partial charge in [0.25, 0.3) is 0 Å². The van der Waals surface area contributed by atoms with E-state index in [1.165, 1.54) is 25.7 Å². The van der Waals surface area contributed by atoms with E-state index in [1.54, 1.807) is 0 Å². The van der Waals surface area contributed by atoms with Gasteiger partial charge in [0.15, 0.2) is 0 Å². The van der Waals surface area contributed by atoms with E-state index in [9.17, 15) is 0 Å². The smallest absolute Gasteiger partial charge is 0.0526 e. The molecule has 17 heavy (non-hydrogen) atoms. The number of halogens is 1. The highest BCUT2D eigenvalue weighted by Gasteiger charge is 2.50. The molecule has 0 radical (unpaired) electrons. The quantitative estimate of drug-likeness (QED) is 0.864. The molecule has 3 rings (SSSR count). The Morgan fingerprint density at radius 3 is 2.88 bits per heavy atom. The topological polar surface area (TPSA) is 38.0 Å². The molecule has 2 aliphatic rings. The van der Waals surface area contributed by atoms with Gasteiger partial charge in [0.1, 0.15) is 0 Å². The van der Waals surface area contributed by atoms with Crippen LogP contribution in [0.15, 0.2) is 24.3 Å². The number of hydrogen-bond donors (Lipinski definition) is 2. The van der Waals surface area contributed by atoms with E-state index in [4.69, 9.17) is 17.3 Å². The van der Waals surface area contributed by atoms with Gasteiger partial charge < -0.3 is 11.1 Å². The number of nitrogens with two attached hydrogens (primary N) is 1. The van der Waals surface area contributed by atoms with Crippen molar-refractivity contribution in [3.05, 3.63) is 29.3 Å². The normalized spacial score (nSPS) is 35.2. The number of nitrogens with one attached hydrogen (secondary N) is 1. The zero-order chi connectivity index (χ0) is 11.9. The second-order valence-electron chi connectivity index (χ2n) is 5.58. The Morgan fingerprint density at radius 1 is 1.41 bits per heavy atom. The van der Waals surface area contributed by atoms with Gasteiger partial charge in [0.2, 0.25) is 0 Å². The largest absolute Gasteiger partial charge is 0.378 e. The summed E-state index contributed by atoms with van der Waals surface area (Å²) in [5.41, 5.74) is 7.27. The van der Waals surface area contributed by atoms with Gasteiger partial charge in [-0.3, -0.25) is 0 Å². The maximum Gasteiger partial charge on any atom is 0.0526 e. The number of rotatable bonds is 3. The lowest BCUT2D eigenvalue weighted by Gasteiger charge is -2.38. The highest BCUT2D eigenvalue weighted by molar-refractivity contribution is 6.30. The van der Waals surface area contributed by atoms with Crippen LogP contribution in [0, 0.1) is 11.8 Å². The third-order valence-corrected chi connectivity index (χ3v) is 4.79. The average Bonchev–Trinajstić information content (AvgIpc) is 2.89. The van der Waals surface area contributed by atoms with Crippen molar-refractivity contribution < 1.29 is 0 Å². The van der Waals surface area contributed by atoms with Gasteiger partial charge in [-0.25, -0.2) is 0 Å². The fourth-order valence-electron chi connectivity index (χ4n) is 3.75. The molecule has 0 heterocycles. The molecule has 3 N–H and O–H groups in total. The SMILES string of the molecule is NCC1(Nc2cccc(Cl)c2)CC2CCC1C2. The van der Waals surface area contributed by atoms with Crippen molar-refractivity contribution in [2.75, 3.05) is 11.9 Å². The van der Waals surface area contributed by atoms with E-state index in [-0.39, 0.29) is 5.54 Å². The van der Waals surface area contributed by atoms with Crippen molar-refractivity contribution in [2.45, 2.75) is 31.2 Å². The minimum atomic E-state index is 0.119. The predicted molar refractivity (Wildman–Crippen MR) is 72.3 cm³/mol. The maximum atomic E-state index is 6.05. The lowest BCUT2D eigenvalue weighted by molar-refractivity contribution is 0.306. The third kappa shape index (κ3) is 1.94. The van der Waals surface area contributed by atoms with Crippen LogP contribution in [0.25, 0.3) is 0 Å². The zero-order valence-corrected chi connectivity index (χ0v) is 10.7. The summed E-state index contributed by atoms with van der Waals surface area (Å²) in [6.07, 6.45) is 5.30. The molecule has 0 aliphatic heterocycles. The van der Waals surface area contributed by atoms with Crippen LogP contribution in [-0.2, 0) is 0 Å². The van der Waals surface area contributed by atoms with Gasteiger partial charge >= 0.3 is 0 Å². The van der Waals surface area contributed by atoms with Crippen LogP contribution in [0.3, 0.4) is 0 Å². The Hall–Kier alpha value is -0.730. The molecule has 2 nitrogen and oxygen atoms in total. The van der Waals surface area contributed by atoms with Gasteiger partial charge in [-0.2, -0.15) is 0 Å². The Kier molecular flexibility index (Phi) is 2.80. The highest BCUT2D eigenvalue weighted by atomic mass is 35.5. The van der Waals surface area contributed by atoms with Gasteiger partial charge in [-0.15, -0.1) is 0 Å². The van der Waals surface area contributed by atoms with Gasteiger partial charge in [0, 0.05) is 17.3 Å². The summed E-state index contributed by atoms with van der Waals surface area (Å²) in [5, 5.41) is 4.45. The molecular weight excluding hydrogens is 232 g/mol. The highest BCUT2D eigenvalue weighted by Crippen LogP contribution is 2.51. The fraction of sp³-hybridized carbons (Fsp3) is 0.571. The molecule has 1 aromatic carbocycles. The molecule has 0 amide bonds. The van der Waals surface area contributed by atoms with E-state index in [1.807, 2.05) is 18.2 Å². The molecule has 3 unspecified atom stereocenters. The molecular formula is C14H19ClN2. The van der Waals surface area contributed by atoms with Crippen LogP contribution in [0.5, 0.6) is 0 Å². The van der Waals surface area contributed by atoms with Crippen molar-refractivity contribution in [3.63, 3.8) is 0 Å². The van der Waals surface area contributed by atoms with E-state index in [0.29, 0.717) is 0 Å². The first-order chi connectivity index (χ1) is 8.22. The average molecular weight is 251 g/mol. The van der Waals surface area contributed by atoms with Crippen molar-refractivity contribution in [3.8, 4) is 0 Å². The summed E-state index contributed by atoms with van der Waals surface area (Å²) >= 11 is 6.03. The third-order valence-electron chi connectivity index (χ3n) is 4.56. The minimum absolute atomic E-state index is 0.119. The number of hydrogen-bond acceptors (Lipinski definition) is 2. The first-order valence-electron chi connectivity index (χ1n) is 6.46. The number of fused-ring (bicyclic) bond motifs is 2. The van der Waals surface area contributed by atoms with Crippen LogP contribution < -0.4 is 11.1 Å². The van der Waals surface area contributed by atoms with Crippen LogP contribution in [0.2, 0.25) is 5.02 Å².